The van der Waals surface area contributed by atoms with Crippen LogP contribution in [-0.4, -0.2) is 51.6 Å². The van der Waals surface area contributed by atoms with Gasteiger partial charge in [0.2, 0.25) is 5.82 Å². The van der Waals surface area contributed by atoms with E-state index in [1.54, 1.807) is 11.3 Å². The summed E-state index contributed by atoms with van der Waals surface area (Å²) < 4.78 is 1.95. The molecular formula is C16H24N8. The lowest BCUT2D eigenvalue weighted by molar-refractivity contribution is 0.386. The third kappa shape index (κ3) is 3.47. The normalized spacial score (nSPS) is 15.3. The van der Waals surface area contributed by atoms with Crippen molar-refractivity contribution in [3.05, 3.63) is 12.2 Å². The van der Waals surface area contributed by atoms with Gasteiger partial charge in [-0.15, -0.1) is 0 Å². The molecule has 8 nitrogen and oxygen atoms in total. The number of likely N-dealkylation sites (N-methyl/N-ethyl adjacent to an activating group) is 1. The van der Waals surface area contributed by atoms with Crippen molar-refractivity contribution in [1.29, 1.82) is 5.26 Å². The van der Waals surface area contributed by atoms with Gasteiger partial charge in [0.1, 0.15) is 6.07 Å². The van der Waals surface area contributed by atoms with E-state index < -0.39 is 0 Å². The zero-order valence-corrected chi connectivity index (χ0v) is 14.3. The molecule has 1 fully saturated rings. The van der Waals surface area contributed by atoms with Gasteiger partial charge < -0.3 is 9.47 Å². The fourth-order valence-corrected chi connectivity index (χ4v) is 3.21. The Morgan fingerprint density at radius 2 is 2.08 bits per heavy atom. The van der Waals surface area contributed by atoms with E-state index in [1.165, 1.54) is 25.7 Å². The zero-order chi connectivity index (χ0) is 17.1. The monoisotopic (exact) mass is 328 g/mol. The Balaban J connectivity index is 1.92. The van der Waals surface area contributed by atoms with Crippen molar-refractivity contribution < 1.29 is 0 Å². The summed E-state index contributed by atoms with van der Waals surface area (Å²) in [5.74, 6) is 7.54. The van der Waals surface area contributed by atoms with Gasteiger partial charge in [0.25, 0.3) is 0 Å². The Morgan fingerprint density at radius 1 is 1.33 bits per heavy atom. The van der Waals surface area contributed by atoms with Crippen molar-refractivity contribution in [2.75, 3.05) is 32.2 Å². The van der Waals surface area contributed by atoms with Crippen LogP contribution in [0.5, 0.6) is 0 Å². The van der Waals surface area contributed by atoms with Gasteiger partial charge in [-0.25, -0.2) is 10.8 Å². The number of nitrogens with zero attached hydrogens (tertiary/aromatic N) is 7. The van der Waals surface area contributed by atoms with Crippen LogP contribution in [-0.2, 0) is 6.54 Å². The molecule has 0 aliphatic heterocycles. The summed E-state index contributed by atoms with van der Waals surface area (Å²) in [6.07, 6.45) is 6.67. The van der Waals surface area contributed by atoms with Gasteiger partial charge in [-0.1, -0.05) is 12.8 Å². The van der Waals surface area contributed by atoms with E-state index in [-0.39, 0.29) is 5.82 Å². The number of rotatable bonds is 6. The summed E-state index contributed by atoms with van der Waals surface area (Å²) in [5.41, 5.74) is 1.33. The largest absolute Gasteiger partial charge is 0.314 e. The first-order valence-electron chi connectivity index (χ1n) is 8.38. The van der Waals surface area contributed by atoms with Gasteiger partial charge in [-0.05, 0) is 32.9 Å². The molecule has 2 aromatic rings. The fourth-order valence-electron chi connectivity index (χ4n) is 3.21. The van der Waals surface area contributed by atoms with Crippen molar-refractivity contribution >= 4 is 17.0 Å². The SMILES string of the molecule is CN(C)CCn1cnc2c(N(N)CC3CCCC3)nc(C#N)nc21. The third-order valence-corrected chi connectivity index (χ3v) is 4.54. The van der Waals surface area contributed by atoms with E-state index in [2.05, 4.69) is 19.9 Å². The standard InChI is InChI=1S/C16H24N8/c1-22(2)7-8-23-11-19-14-15(23)20-13(9-17)21-16(14)24(18)10-12-5-3-4-6-12/h11-12H,3-8,10,18H2,1-2H3. The number of fused-ring (bicyclic) bond motifs is 1. The number of hydrogen-bond donors (Lipinski definition) is 1. The van der Waals surface area contributed by atoms with Gasteiger partial charge in [-0.2, -0.15) is 15.2 Å². The minimum Gasteiger partial charge on any atom is -0.314 e. The lowest BCUT2D eigenvalue weighted by Gasteiger charge is -2.21. The average molecular weight is 328 g/mol. The number of nitriles is 1. The third-order valence-electron chi connectivity index (χ3n) is 4.54. The molecule has 0 saturated heterocycles. The van der Waals surface area contributed by atoms with Crippen LogP contribution < -0.4 is 10.9 Å². The van der Waals surface area contributed by atoms with Crippen LogP contribution >= 0.6 is 0 Å². The van der Waals surface area contributed by atoms with Crippen molar-refractivity contribution in [3.8, 4) is 6.07 Å². The van der Waals surface area contributed by atoms with E-state index >= 15 is 0 Å². The van der Waals surface area contributed by atoms with Crippen LogP contribution in [0.4, 0.5) is 5.82 Å². The molecule has 0 unspecified atom stereocenters. The molecule has 2 aromatic heterocycles. The fraction of sp³-hybridized carbons (Fsp3) is 0.625. The Bertz CT molecular complexity index is 738. The second-order valence-corrected chi connectivity index (χ2v) is 6.70. The van der Waals surface area contributed by atoms with Crippen LogP contribution in [0.2, 0.25) is 0 Å². The summed E-state index contributed by atoms with van der Waals surface area (Å²) >= 11 is 0. The Kier molecular flexibility index (Phi) is 4.92. The van der Waals surface area contributed by atoms with Gasteiger partial charge >= 0.3 is 0 Å². The summed E-state index contributed by atoms with van der Waals surface area (Å²) in [6.45, 7) is 2.35. The minimum atomic E-state index is 0.131. The maximum absolute atomic E-state index is 9.26. The first-order chi connectivity index (χ1) is 11.6. The topological polar surface area (TPSA) is 99.9 Å². The quantitative estimate of drug-likeness (QED) is 0.626. The molecule has 128 valence electrons. The van der Waals surface area contributed by atoms with E-state index in [9.17, 15) is 5.26 Å². The summed E-state index contributed by atoms with van der Waals surface area (Å²) in [7, 11) is 4.03. The predicted octanol–water partition coefficient (Wildman–Crippen LogP) is 1.13. The van der Waals surface area contributed by atoms with Crippen LogP contribution in [0.15, 0.2) is 6.33 Å². The highest BCUT2D eigenvalue weighted by molar-refractivity contribution is 5.83. The second-order valence-electron chi connectivity index (χ2n) is 6.70. The Hall–Kier alpha value is -2.24. The van der Waals surface area contributed by atoms with Crippen LogP contribution in [0.3, 0.4) is 0 Å². The zero-order valence-electron chi connectivity index (χ0n) is 14.3. The Morgan fingerprint density at radius 3 is 2.75 bits per heavy atom. The number of aromatic nitrogens is 4. The molecule has 2 N–H and O–H groups in total. The molecule has 1 saturated carbocycles. The molecule has 1 aliphatic rings. The lowest BCUT2D eigenvalue weighted by atomic mass is 10.1. The van der Waals surface area contributed by atoms with Crippen LogP contribution in [0.1, 0.15) is 31.5 Å². The van der Waals surface area contributed by atoms with Crippen molar-refractivity contribution in [2.45, 2.75) is 32.2 Å². The molecule has 8 heteroatoms. The van der Waals surface area contributed by atoms with Crippen LogP contribution in [0.25, 0.3) is 11.2 Å². The van der Waals surface area contributed by atoms with Crippen molar-refractivity contribution in [3.63, 3.8) is 0 Å². The van der Waals surface area contributed by atoms with E-state index in [1.807, 2.05) is 24.7 Å². The van der Waals surface area contributed by atoms with Crippen molar-refractivity contribution in [1.82, 2.24) is 24.4 Å². The molecule has 24 heavy (non-hydrogen) atoms. The van der Waals surface area contributed by atoms with Gasteiger partial charge in [-0.3, -0.25) is 5.01 Å². The van der Waals surface area contributed by atoms with Crippen molar-refractivity contribution in [2.24, 2.45) is 11.8 Å². The number of imidazole rings is 1. The lowest BCUT2D eigenvalue weighted by Crippen LogP contribution is -2.36. The highest BCUT2D eigenvalue weighted by Crippen LogP contribution is 2.27. The van der Waals surface area contributed by atoms with E-state index in [0.717, 1.165) is 19.6 Å². The predicted molar refractivity (Wildman–Crippen MR) is 92.1 cm³/mol. The summed E-state index contributed by atoms with van der Waals surface area (Å²) in [4.78, 5) is 15.2. The molecule has 0 amide bonds. The molecule has 0 spiro atoms. The second kappa shape index (κ2) is 7.11. The summed E-state index contributed by atoms with van der Waals surface area (Å²) in [5, 5.41) is 10.9. The number of anilines is 1. The first kappa shape index (κ1) is 16.6. The molecular weight excluding hydrogens is 304 g/mol. The van der Waals surface area contributed by atoms with E-state index in [4.69, 9.17) is 5.84 Å². The van der Waals surface area contributed by atoms with Crippen LogP contribution in [0, 0.1) is 17.2 Å². The summed E-state index contributed by atoms with van der Waals surface area (Å²) in [6, 6.07) is 2.03. The molecule has 0 bridgehead atoms. The highest BCUT2D eigenvalue weighted by Gasteiger charge is 2.21. The molecule has 0 radical (unpaired) electrons. The maximum Gasteiger partial charge on any atom is 0.236 e. The number of nitrogens with two attached hydrogens (primary N) is 1. The minimum absolute atomic E-state index is 0.131. The molecule has 0 aromatic carbocycles. The highest BCUT2D eigenvalue weighted by atomic mass is 15.4. The molecule has 3 rings (SSSR count). The number of hydrazine groups is 1. The smallest absolute Gasteiger partial charge is 0.236 e. The maximum atomic E-state index is 9.26. The Labute approximate surface area is 141 Å². The van der Waals surface area contributed by atoms with Gasteiger partial charge in [0.15, 0.2) is 17.0 Å². The van der Waals surface area contributed by atoms with Gasteiger partial charge in [0.05, 0.1) is 6.33 Å². The average Bonchev–Trinajstić information content (AvgIpc) is 3.21. The number of hydrogen-bond acceptors (Lipinski definition) is 7. The molecule has 0 atom stereocenters. The van der Waals surface area contributed by atoms with E-state index in [0.29, 0.717) is 22.9 Å². The first-order valence-corrected chi connectivity index (χ1v) is 8.38. The van der Waals surface area contributed by atoms with Gasteiger partial charge in [0, 0.05) is 19.6 Å². The molecule has 1 aliphatic carbocycles. The molecule has 2 heterocycles.